The van der Waals surface area contributed by atoms with E-state index in [1.807, 2.05) is 26.0 Å². The minimum absolute atomic E-state index is 0.00347. The molecule has 0 unspecified atom stereocenters. The molecule has 130 valence electrons. The molecule has 1 aromatic carbocycles. The quantitative estimate of drug-likeness (QED) is 0.910. The summed E-state index contributed by atoms with van der Waals surface area (Å²) in [6, 6.07) is 5.50. The van der Waals surface area contributed by atoms with Crippen LogP contribution in [0.5, 0.6) is 0 Å². The van der Waals surface area contributed by atoms with E-state index in [9.17, 15) is 14.4 Å². The van der Waals surface area contributed by atoms with Crippen molar-refractivity contribution in [2.45, 2.75) is 26.7 Å². The van der Waals surface area contributed by atoms with Crippen LogP contribution in [0.2, 0.25) is 0 Å². The number of piperidine rings is 1. The number of benzene rings is 1. The van der Waals surface area contributed by atoms with Crippen molar-refractivity contribution in [3.05, 3.63) is 34.9 Å². The average Bonchev–Trinajstić information content (AvgIpc) is 2.56. The molecule has 0 radical (unpaired) electrons. The maximum atomic E-state index is 12.4. The average molecular weight is 332 g/mol. The fourth-order valence-electron chi connectivity index (χ4n) is 2.85. The first-order valence-electron chi connectivity index (χ1n) is 8.13. The molecule has 0 aliphatic carbocycles. The fourth-order valence-corrected chi connectivity index (χ4v) is 2.85. The Morgan fingerprint density at radius 2 is 1.79 bits per heavy atom. The summed E-state index contributed by atoms with van der Waals surface area (Å²) in [5.74, 6) is -1.50. The van der Waals surface area contributed by atoms with E-state index in [-0.39, 0.29) is 24.3 Å². The van der Waals surface area contributed by atoms with E-state index in [1.54, 1.807) is 18.0 Å². The van der Waals surface area contributed by atoms with E-state index in [0.29, 0.717) is 31.5 Å². The first-order valence-corrected chi connectivity index (χ1v) is 8.13. The van der Waals surface area contributed by atoms with Gasteiger partial charge in [-0.15, -0.1) is 0 Å². The number of amides is 2. The lowest BCUT2D eigenvalue weighted by Crippen LogP contribution is -2.45. The Kier molecular flexibility index (Phi) is 5.59. The highest BCUT2D eigenvalue weighted by molar-refractivity contribution is 5.96. The molecule has 0 spiro atoms. The third kappa shape index (κ3) is 4.13. The Balaban J connectivity index is 1.92. The van der Waals surface area contributed by atoms with E-state index in [2.05, 4.69) is 0 Å². The van der Waals surface area contributed by atoms with Gasteiger partial charge in [0.1, 0.15) is 0 Å². The Morgan fingerprint density at radius 1 is 1.17 bits per heavy atom. The normalized spacial score (nSPS) is 15.2. The SMILES string of the molecule is Cc1ccc(C(=O)N(C)CC(=O)N2CCC(C(=O)O)CC2)cc1C. The van der Waals surface area contributed by atoms with Crippen LogP contribution in [0.1, 0.15) is 34.3 Å². The smallest absolute Gasteiger partial charge is 0.306 e. The lowest BCUT2D eigenvalue weighted by Gasteiger charge is -2.31. The van der Waals surface area contributed by atoms with Gasteiger partial charge in [0.05, 0.1) is 12.5 Å². The molecule has 0 bridgehead atoms. The molecular formula is C18H24N2O4. The second-order valence-electron chi connectivity index (χ2n) is 6.45. The number of nitrogens with zero attached hydrogens (tertiary/aromatic N) is 2. The molecule has 6 nitrogen and oxygen atoms in total. The molecule has 1 N–H and O–H groups in total. The molecule has 1 aliphatic rings. The van der Waals surface area contributed by atoms with Crippen molar-refractivity contribution in [2.75, 3.05) is 26.7 Å². The number of aliphatic carboxylic acids is 1. The number of carbonyl (C=O) groups is 3. The number of carboxylic acid groups (broad SMARTS) is 1. The summed E-state index contributed by atoms with van der Waals surface area (Å²) >= 11 is 0. The van der Waals surface area contributed by atoms with Gasteiger partial charge in [-0.3, -0.25) is 14.4 Å². The molecule has 6 heteroatoms. The first kappa shape index (κ1) is 18.0. The number of hydrogen-bond donors (Lipinski definition) is 1. The lowest BCUT2D eigenvalue weighted by molar-refractivity contribution is -0.145. The van der Waals surface area contributed by atoms with Crippen LogP contribution in [0.3, 0.4) is 0 Å². The van der Waals surface area contributed by atoms with Crippen molar-refractivity contribution in [1.29, 1.82) is 0 Å². The predicted molar refractivity (Wildman–Crippen MR) is 89.8 cm³/mol. The molecule has 1 saturated heterocycles. The van der Waals surface area contributed by atoms with Crippen LogP contribution in [0.15, 0.2) is 18.2 Å². The number of rotatable bonds is 4. The zero-order valence-corrected chi connectivity index (χ0v) is 14.4. The van der Waals surface area contributed by atoms with Gasteiger partial charge in [-0.2, -0.15) is 0 Å². The van der Waals surface area contributed by atoms with Gasteiger partial charge in [0.2, 0.25) is 5.91 Å². The second-order valence-corrected chi connectivity index (χ2v) is 6.45. The van der Waals surface area contributed by atoms with Crippen LogP contribution in [-0.4, -0.2) is 59.4 Å². The summed E-state index contributed by atoms with van der Waals surface area (Å²) in [6.07, 6.45) is 0.936. The number of likely N-dealkylation sites (N-methyl/N-ethyl adjacent to an activating group) is 1. The Morgan fingerprint density at radius 3 is 2.33 bits per heavy atom. The molecule has 1 aromatic rings. The van der Waals surface area contributed by atoms with Crippen molar-refractivity contribution < 1.29 is 19.5 Å². The molecule has 0 aromatic heterocycles. The third-order valence-electron chi connectivity index (χ3n) is 4.67. The predicted octanol–water partition coefficient (Wildman–Crippen LogP) is 1.70. The summed E-state index contributed by atoms with van der Waals surface area (Å²) in [5, 5.41) is 8.99. The van der Waals surface area contributed by atoms with Crippen molar-refractivity contribution in [3.63, 3.8) is 0 Å². The number of carboxylic acids is 1. The lowest BCUT2D eigenvalue weighted by atomic mass is 9.97. The Hall–Kier alpha value is -2.37. The summed E-state index contributed by atoms with van der Waals surface area (Å²) in [6.45, 7) is 4.80. The highest BCUT2D eigenvalue weighted by Gasteiger charge is 2.28. The highest BCUT2D eigenvalue weighted by Crippen LogP contribution is 2.18. The first-order chi connectivity index (χ1) is 11.3. The maximum Gasteiger partial charge on any atom is 0.306 e. The van der Waals surface area contributed by atoms with Gasteiger partial charge in [-0.1, -0.05) is 6.07 Å². The fraction of sp³-hybridized carbons (Fsp3) is 0.500. The summed E-state index contributed by atoms with van der Waals surface area (Å²) < 4.78 is 0. The molecule has 2 rings (SSSR count). The van der Waals surface area contributed by atoms with Crippen LogP contribution in [0.25, 0.3) is 0 Å². The molecule has 1 fully saturated rings. The van der Waals surface area contributed by atoms with Gasteiger partial charge in [0.15, 0.2) is 0 Å². The van der Waals surface area contributed by atoms with Crippen molar-refractivity contribution >= 4 is 17.8 Å². The molecule has 0 saturated carbocycles. The van der Waals surface area contributed by atoms with E-state index in [1.165, 1.54) is 4.90 Å². The maximum absolute atomic E-state index is 12.4. The largest absolute Gasteiger partial charge is 0.481 e. The third-order valence-corrected chi connectivity index (χ3v) is 4.67. The van der Waals surface area contributed by atoms with Crippen molar-refractivity contribution in [3.8, 4) is 0 Å². The molecule has 24 heavy (non-hydrogen) atoms. The number of carbonyl (C=O) groups excluding carboxylic acids is 2. The monoisotopic (exact) mass is 332 g/mol. The van der Waals surface area contributed by atoms with E-state index in [0.717, 1.165) is 11.1 Å². The molecule has 0 atom stereocenters. The topological polar surface area (TPSA) is 77.9 Å². The number of likely N-dealkylation sites (tertiary alicyclic amines) is 1. The summed E-state index contributed by atoms with van der Waals surface area (Å²) in [4.78, 5) is 38.8. The van der Waals surface area contributed by atoms with Gasteiger partial charge in [0, 0.05) is 25.7 Å². The standard InChI is InChI=1S/C18H24N2O4/c1-12-4-5-15(10-13(12)2)17(22)19(3)11-16(21)20-8-6-14(7-9-20)18(23)24/h4-5,10,14H,6-9,11H2,1-3H3,(H,23,24). The molecular weight excluding hydrogens is 308 g/mol. The van der Waals surface area contributed by atoms with Crippen LogP contribution in [-0.2, 0) is 9.59 Å². The van der Waals surface area contributed by atoms with E-state index in [4.69, 9.17) is 5.11 Å². The Bertz CT molecular complexity index is 648. The molecule has 1 aliphatic heterocycles. The molecule has 2 amide bonds. The zero-order valence-electron chi connectivity index (χ0n) is 14.4. The Labute approximate surface area is 142 Å². The van der Waals surface area contributed by atoms with E-state index < -0.39 is 5.97 Å². The van der Waals surface area contributed by atoms with Gasteiger partial charge >= 0.3 is 5.97 Å². The van der Waals surface area contributed by atoms with Crippen LogP contribution in [0, 0.1) is 19.8 Å². The summed E-state index contributed by atoms with van der Waals surface area (Å²) in [7, 11) is 1.61. The number of aryl methyl sites for hydroxylation is 2. The summed E-state index contributed by atoms with van der Waals surface area (Å²) in [5.41, 5.74) is 2.72. The van der Waals surface area contributed by atoms with E-state index >= 15 is 0 Å². The van der Waals surface area contributed by atoms with Gasteiger partial charge in [0.25, 0.3) is 5.91 Å². The minimum atomic E-state index is -0.802. The van der Waals surface area contributed by atoms with Crippen LogP contribution < -0.4 is 0 Å². The van der Waals surface area contributed by atoms with Crippen molar-refractivity contribution in [1.82, 2.24) is 9.80 Å². The van der Waals surface area contributed by atoms with Gasteiger partial charge in [-0.05, 0) is 49.9 Å². The zero-order chi connectivity index (χ0) is 17.9. The van der Waals surface area contributed by atoms with Crippen LogP contribution in [0.4, 0.5) is 0 Å². The van der Waals surface area contributed by atoms with Crippen LogP contribution >= 0.6 is 0 Å². The van der Waals surface area contributed by atoms with Gasteiger partial charge in [-0.25, -0.2) is 0 Å². The minimum Gasteiger partial charge on any atom is -0.481 e. The second kappa shape index (κ2) is 7.47. The highest BCUT2D eigenvalue weighted by atomic mass is 16.4. The van der Waals surface area contributed by atoms with Gasteiger partial charge < -0.3 is 14.9 Å². The molecule has 1 heterocycles. The number of hydrogen-bond acceptors (Lipinski definition) is 3. The van der Waals surface area contributed by atoms with Crippen molar-refractivity contribution in [2.24, 2.45) is 5.92 Å².